The molecule has 5 heteroatoms. The summed E-state index contributed by atoms with van der Waals surface area (Å²) in [6.45, 7) is 0.858. The summed E-state index contributed by atoms with van der Waals surface area (Å²) in [5.74, 6) is 1.37. The van der Waals surface area contributed by atoms with Crippen LogP contribution < -0.4 is 15.0 Å². The maximum Gasteiger partial charge on any atom is 0.264 e. The molecular formula is C11H14N2O2S. The van der Waals surface area contributed by atoms with Crippen molar-refractivity contribution in [2.24, 2.45) is 0 Å². The van der Waals surface area contributed by atoms with Gasteiger partial charge in [-0.15, -0.1) is 0 Å². The zero-order valence-electron chi connectivity index (χ0n) is 9.06. The molecule has 1 aromatic rings. The van der Waals surface area contributed by atoms with Crippen molar-refractivity contribution in [2.75, 3.05) is 24.4 Å². The molecule has 0 radical (unpaired) electrons. The number of thiol groups is 1. The number of carbonyl (C=O) groups is 1. The van der Waals surface area contributed by atoms with Gasteiger partial charge >= 0.3 is 0 Å². The Labute approximate surface area is 100.0 Å². The number of fused-ring (bicyclic) bond motifs is 1. The Balaban J connectivity index is 2.25. The third kappa shape index (κ3) is 2.15. The van der Waals surface area contributed by atoms with E-state index in [0.717, 1.165) is 23.5 Å². The van der Waals surface area contributed by atoms with Crippen LogP contribution in [0.15, 0.2) is 18.2 Å². The summed E-state index contributed by atoms with van der Waals surface area (Å²) in [7, 11) is 1.76. The van der Waals surface area contributed by atoms with Gasteiger partial charge in [-0.1, -0.05) is 6.07 Å². The van der Waals surface area contributed by atoms with E-state index in [1.165, 1.54) is 0 Å². The van der Waals surface area contributed by atoms with E-state index in [1.807, 2.05) is 18.2 Å². The first kappa shape index (κ1) is 11.3. The fraction of sp³-hybridized carbons (Fsp3) is 0.364. The zero-order valence-corrected chi connectivity index (χ0v) is 9.96. The summed E-state index contributed by atoms with van der Waals surface area (Å²) in [5, 5.41) is 3.12. The van der Waals surface area contributed by atoms with E-state index in [1.54, 1.807) is 11.9 Å². The van der Waals surface area contributed by atoms with Crippen LogP contribution >= 0.6 is 12.6 Å². The average Bonchev–Trinajstić information content (AvgIpc) is 2.31. The van der Waals surface area contributed by atoms with Gasteiger partial charge in [-0.25, -0.2) is 0 Å². The van der Waals surface area contributed by atoms with Gasteiger partial charge in [-0.05, 0) is 17.7 Å². The topological polar surface area (TPSA) is 41.6 Å². The molecule has 1 aliphatic rings. The van der Waals surface area contributed by atoms with Crippen molar-refractivity contribution in [3.05, 3.63) is 23.8 Å². The monoisotopic (exact) mass is 238 g/mol. The molecule has 0 aliphatic carbocycles. The molecule has 1 aliphatic heterocycles. The minimum Gasteiger partial charge on any atom is -0.482 e. The largest absolute Gasteiger partial charge is 0.482 e. The van der Waals surface area contributed by atoms with Crippen molar-refractivity contribution in [3.63, 3.8) is 0 Å². The van der Waals surface area contributed by atoms with Gasteiger partial charge in [0.05, 0.1) is 5.69 Å². The lowest BCUT2D eigenvalue weighted by atomic mass is 10.1. The van der Waals surface area contributed by atoms with E-state index >= 15 is 0 Å². The number of amides is 1. The van der Waals surface area contributed by atoms with Crippen LogP contribution in [-0.4, -0.2) is 25.4 Å². The Bertz CT molecular complexity index is 409. The van der Waals surface area contributed by atoms with Gasteiger partial charge in [0.15, 0.2) is 6.61 Å². The highest BCUT2D eigenvalue weighted by Crippen LogP contribution is 2.31. The molecule has 0 bridgehead atoms. The standard InChI is InChI=1S/C11H14N2O2S/c1-13-9-4-8(5-12-7-16)2-3-10(9)15-6-11(13)14/h2-4,12,16H,5-7H2,1H3. The molecule has 1 heterocycles. The number of benzene rings is 1. The molecule has 2 rings (SSSR count). The molecule has 0 atom stereocenters. The van der Waals surface area contributed by atoms with Crippen LogP contribution in [0, 0.1) is 0 Å². The number of hydrogen-bond acceptors (Lipinski definition) is 4. The minimum atomic E-state index is -0.0215. The maximum absolute atomic E-state index is 11.5. The van der Waals surface area contributed by atoms with E-state index in [9.17, 15) is 4.79 Å². The Morgan fingerprint density at radius 3 is 3.12 bits per heavy atom. The fourth-order valence-electron chi connectivity index (χ4n) is 1.63. The lowest BCUT2D eigenvalue weighted by molar-refractivity contribution is -0.120. The molecule has 1 N–H and O–H groups in total. The quantitative estimate of drug-likeness (QED) is 0.610. The smallest absolute Gasteiger partial charge is 0.264 e. The SMILES string of the molecule is CN1C(=O)COc2ccc(CNCS)cc21. The molecular weight excluding hydrogens is 224 g/mol. The molecule has 1 amide bonds. The van der Waals surface area contributed by atoms with Gasteiger partial charge in [-0.2, -0.15) is 12.6 Å². The number of nitrogens with one attached hydrogen (secondary N) is 1. The third-order valence-corrected chi connectivity index (χ3v) is 2.77. The van der Waals surface area contributed by atoms with Crippen molar-refractivity contribution in [2.45, 2.75) is 6.54 Å². The molecule has 16 heavy (non-hydrogen) atoms. The van der Waals surface area contributed by atoms with Crippen LogP contribution in [0.4, 0.5) is 5.69 Å². The van der Waals surface area contributed by atoms with Gasteiger partial charge in [0.1, 0.15) is 5.75 Å². The number of hydrogen-bond donors (Lipinski definition) is 2. The van der Waals surface area contributed by atoms with Gasteiger partial charge < -0.3 is 15.0 Å². The molecule has 0 saturated heterocycles. The highest BCUT2D eigenvalue weighted by molar-refractivity contribution is 7.80. The molecule has 0 unspecified atom stereocenters. The maximum atomic E-state index is 11.5. The van der Waals surface area contributed by atoms with Gasteiger partial charge in [-0.3, -0.25) is 4.79 Å². The molecule has 0 saturated carbocycles. The summed E-state index contributed by atoms with van der Waals surface area (Å²) < 4.78 is 5.34. The van der Waals surface area contributed by atoms with E-state index in [-0.39, 0.29) is 12.5 Å². The van der Waals surface area contributed by atoms with E-state index in [2.05, 4.69) is 17.9 Å². The molecule has 0 fully saturated rings. The number of ether oxygens (including phenoxy) is 1. The van der Waals surface area contributed by atoms with E-state index in [0.29, 0.717) is 5.88 Å². The number of likely N-dealkylation sites (N-methyl/N-ethyl adjacent to an activating group) is 1. The van der Waals surface area contributed by atoms with Gasteiger partial charge in [0.2, 0.25) is 0 Å². The van der Waals surface area contributed by atoms with E-state index < -0.39 is 0 Å². The lowest BCUT2D eigenvalue weighted by Gasteiger charge is -2.26. The number of rotatable bonds is 3. The fourth-order valence-corrected chi connectivity index (χ4v) is 1.74. The Hall–Kier alpha value is -1.20. The predicted molar refractivity (Wildman–Crippen MR) is 66.0 cm³/mol. The van der Waals surface area contributed by atoms with Crippen molar-refractivity contribution >= 4 is 24.2 Å². The second kappa shape index (κ2) is 4.76. The molecule has 4 nitrogen and oxygen atoms in total. The van der Waals surface area contributed by atoms with E-state index in [4.69, 9.17) is 4.74 Å². The summed E-state index contributed by atoms with van der Waals surface area (Å²) in [5.41, 5.74) is 1.94. The molecule has 1 aromatic carbocycles. The van der Waals surface area contributed by atoms with Crippen LogP contribution in [0.25, 0.3) is 0 Å². The van der Waals surface area contributed by atoms with Gasteiger partial charge in [0, 0.05) is 19.5 Å². The van der Waals surface area contributed by atoms with Crippen molar-refractivity contribution in [1.82, 2.24) is 5.32 Å². The highest BCUT2D eigenvalue weighted by atomic mass is 32.1. The number of anilines is 1. The van der Waals surface area contributed by atoms with Crippen LogP contribution in [-0.2, 0) is 11.3 Å². The highest BCUT2D eigenvalue weighted by Gasteiger charge is 2.21. The van der Waals surface area contributed by atoms with Crippen molar-refractivity contribution in [1.29, 1.82) is 0 Å². The summed E-state index contributed by atoms with van der Waals surface area (Å²) in [6.07, 6.45) is 0. The van der Waals surface area contributed by atoms with Gasteiger partial charge in [0.25, 0.3) is 5.91 Å². The zero-order chi connectivity index (χ0) is 11.5. The van der Waals surface area contributed by atoms with Crippen LogP contribution in [0.2, 0.25) is 0 Å². The van der Waals surface area contributed by atoms with Crippen molar-refractivity contribution in [3.8, 4) is 5.75 Å². The lowest BCUT2D eigenvalue weighted by Crippen LogP contribution is -2.35. The molecule has 0 spiro atoms. The summed E-state index contributed by atoms with van der Waals surface area (Å²) in [4.78, 5) is 13.1. The normalized spacial score (nSPS) is 14.6. The molecule has 0 aromatic heterocycles. The first-order valence-electron chi connectivity index (χ1n) is 5.06. The van der Waals surface area contributed by atoms with Crippen LogP contribution in [0.5, 0.6) is 5.75 Å². The van der Waals surface area contributed by atoms with Crippen molar-refractivity contribution < 1.29 is 9.53 Å². The summed E-state index contributed by atoms with van der Waals surface area (Å²) >= 11 is 4.08. The summed E-state index contributed by atoms with van der Waals surface area (Å²) in [6, 6.07) is 5.84. The second-order valence-corrected chi connectivity index (χ2v) is 3.94. The Kier molecular flexibility index (Phi) is 3.36. The second-order valence-electron chi connectivity index (χ2n) is 3.63. The first-order chi connectivity index (χ1) is 7.72. The minimum absolute atomic E-state index is 0.0215. The van der Waals surface area contributed by atoms with Crippen LogP contribution in [0.1, 0.15) is 5.56 Å². The molecule has 86 valence electrons. The Morgan fingerprint density at radius 1 is 1.56 bits per heavy atom. The number of carbonyl (C=O) groups excluding carboxylic acids is 1. The average molecular weight is 238 g/mol. The Morgan fingerprint density at radius 2 is 2.38 bits per heavy atom. The predicted octanol–water partition coefficient (Wildman–Crippen LogP) is 1.02. The third-order valence-electron chi connectivity index (χ3n) is 2.55. The first-order valence-corrected chi connectivity index (χ1v) is 5.69. The number of nitrogens with zero attached hydrogens (tertiary/aromatic N) is 1. The van der Waals surface area contributed by atoms with Crippen LogP contribution in [0.3, 0.4) is 0 Å².